The summed E-state index contributed by atoms with van der Waals surface area (Å²) >= 11 is 4.44. The number of benzene rings is 1. The van der Waals surface area contributed by atoms with Crippen LogP contribution in [0.1, 0.15) is 18.9 Å². The second-order valence-corrected chi connectivity index (χ2v) is 8.43. The topological polar surface area (TPSA) is 139 Å². The Labute approximate surface area is 184 Å². The molecule has 0 aromatic heterocycles. The number of rotatable bonds is 4. The monoisotopic (exact) mass is 451 g/mol. The molecular formula is C19H25N5O6S. The number of piperazine rings is 1. The van der Waals surface area contributed by atoms with Gasteiger partial charge in [-0.05, 0) is 31.0 Å². The average molecular weight is 452 g/mol. The summed E-state index contributed by atoms with van der Waals surface area (Å²) in [6, 6.07) is 4.25. The van der Waals surface area contributed by atoms with Crippen LogP contribution in [0.5, 0.6) is 0 Å². The molecule has 0 spiro atoms. The highest BCUT2D eigenvalue weighted by Gasteiger charge is 2.43. The van der Waals surface area contributed by atoms with Crippen LogP contribution in [0.25, 0.3) is 0 Å². The van der Waals surface area contributed by atoms with Gasteiger partial charge in [0.15, 0.2) is 0 Å². The second kappa shape index (κ2) is 9.41. The zero-order chi connectivity index (χ0) is 22.7. The Morgan fingerprint density at radius 1 is 1.19 bits per heavy atom. The lowest BCUT2D eigenvalue weighted by molar-refractivity contribution is -0.384. The maximum Gasteiger partial charge on any atom is 0.410 e. The first-order valence-electron chi connectivity index (χ1n) is 9.87. The number of hydrogen-bond acceptors (Lipinski definition) is 7. The highest BCUT2D eigenvalue weighted by molar-refractivity contribution is 7.81. The van der Waals surface area contributed by atoms with Gasteiger partial charge in [-0.2, -0.15) is 12.6 Å². The fraction of sp³-hybridized carbons (Fsp3) is 0.526. The van der Waals surface area contributed by atoms with Crippen LogP contribution in [-0.2, 0) is 16.1 Å². The van der Waals surface area contributed by atoms with Crippen LogP contribution in [0.15, 0.2) is 24.3 Å². The van der Waals surface area contributed by atoms with E-state index in [0.717, 1.165) is 0 Å². The molecule has 2 fully saturated rings. The molecule has 0 saturated carbocycles. The maximum atomic E-state index is 13.2. The Kier molecular flexibility index (Phi) is 6.88. The molecule has 4 amide bonds. The van der Waals surface area contributed by atoms with Crippen LogP contribution in [0.2, 0.25) is 0 Å². The first-order valence-corrected chi connectivity index (χ1v) is 10.4. The van der Waals surface area contributed by atoms with E-state index in [0.29, 0.717) is 31.6 Å². The van der Waals surface area contributed by atoms with E-state index in [2.05, 4.69) is 12.6 Å². The number of carbonyl (C=O) groups is 3. The smallest absolute Gasteiger partial charge is 0.410 e. The molecular weight excluding hydrogens is 426 g/mol. The van der Waals surface area contributed by atoms with Crippen molar-refractivity contribution in [2.24, 2.45) is 5.73 Å². The van der Waals surface area contributed by atoms with Crippen molar-refractivity contribution in [3.8, 4) is 0 Å². The number of nitro benzene ring substituents is 1. The highest BCUT2D eigenvalue weighted by atomic mass is 32.1. The van der Waals surface area contributed by atoms with E-state index >= 15 is 0 Å². The molecule has 1 unspecified atom stereocenters. The number of non-ortho nitro benzene ring substituents is 1. The number of nitro groups is 1. The molecule has 0 aliphatic carbocycles. The minimum Gasteiger partial charge on any atom is -0.445 e. The minimum absolute atomic E-state index is 0.0521. The number of nitrogens with zero attached hydrogens (tertiary/aromatic N) is 4. The first-order chi connectivity index (χ1) is 14.7. The number of likely N-dealkylation sites (tertiary alicyclic amines) is 1. The quantitative estimate of drug-likeness (QED) is 0.401. The van der Waals surface area contributed by atoms with E-state index < -0.39 is 23.1 Å². The molecule has 2 heterocycles. The van der Waals surface area contributed by atoms with Gasteiger partial charge in [0.25, 0.3) is 5.69 Å². The molecule has 11 nitrogen and oxygen atoms in total. The number of urea groups is 1. The molecule has 0 bridgehead atoms. The first kappa shape index (κ1) is 22.7. The SMILES string of the molecule is CC1CN(C(N)=O)CCN1C(=O)[C@@H]1C[C@H](S)CN1C(=O)OCc1ccc([N+](=O)[O-])cc1. The summed E-state index contributed by atoms with van der Waals surface area (Å²) in [5, 5.41) is 10.6. The molecule has 3 rings (SSSR count). The van der Waals surface area contributed by atoms with E-state index in [-0.39, 0.29) is 36.0 Å². The highest BCUT2D eigenvalue weighted by Crippen LogP contribution is 2.26. The Balaban J connectivity index is 1.62. The van der Waals surface area contributed by atoms with Crippen molar-refractivity contribution in [2.75, 3.05) is 26.2 Å². The van der Waals surface area contributed by atoms with Gasteiger partial charge in [0.1, 0.15) is 12.6 Å². The summed E-state index contributed by atoms with van der Waals surface area (Å²) in [7, 11) is 0. The van der Waals surface area contributed by atoms with Crippen molar-refractivity contribution < 1.29 is 24.0 Å². The summed E-state index contributed by atoms with van der Waals surface area (Å²) < 4.78 is 5.35. The van der Waals surface area contributed by atoms with Crippen LogP contribution in [0.3, 0.4) is 0 Å². The number of ether oxygens (including phenoxy) is 1. The molecule has 31 heavy (non-hydrogen) atoms. The van der Waals surface area contributed by atoms with Gasteiger partial charge in [0.05, 0.1) is 4.92 Å². The van der Waals surface area contributed by atoms with Gasteiger partial charge in [-0.1, -0.05) is 0 Å². The third kappa shape index (κ3) is 5.19. The van der Waals surface area contributed by atoms with Gasteiger partial charge in [-0.25, -0.2) is 9.59 Å². The number of nitrogens with two attached hydrogens (primary N) is 1. The fourth-order valence-electron chi connectivity index (χ4n) is 3.87. The Hall–Kier alpha value is -3.02. The second-order valence-electron chi connectivity index (χ2n) is 7.70. The van der Waals surface area contributed by atoms with Gasteiger partial charge < -0.3 is 20.3 Å². The van der Waals surface area contributed by atoms with Crippen molar-refractivity contribution in [2.45, 2.75) is 37.3 Å². The predicted molar refractivity (Wildman–Crippen MR) is 113 cm³/mol. The lowest BCUT2D eigenvalue weighted by atomic mass is 10.1. The van der Waals surface area contributed by atoms with Crippen LogP contribution in [-0.4, -0.2) is 81.2 Å². The van der Waals surface area contributed by atoms with Crippen molar-refractivity contribution in [3.05, 3.63) is 39.9 Å². The van der Waals surface area contributed by atoms with Gasteiger partial charge >= 0.3 is 12.1 Å². The van der Waals surface area contributed by atoms with Crippen molar-refractivity contribution in [1.29, 1.82) is 0 Å². The molecule has 2 aliphatic heterocycles. The summed E-state index contributed by atoms with van der Waals surface area (Å²) in [6.45, 7) is 3.04. The maximum absolute atomic E-state index is 13.2. The molecule has 3 atom stereocenters. The average Bonchev–Trinajstić information content (AvgIpc) is 3.13. The van der Waals surface area contributed by atoms with Crippen molar-refractivity contribution in [1.82, 2.24) is 14.7 Å². The molecule has 1 aromatic rings. The van der Waals surface area contributed by atoms with Gasteiger partial charge in [0, 0.05) is 49.6 Å². The standard InChI is InChI=1S/C19H25N5O6S/c1-12-9-21(18(20)26)6-7-22(12)17(25)16-8-15(31)10-23(16)19(27)30-11-13-2-4-14(5-3-13)24(28)29/h2-5,12,15-16,31H,6-11H2,1H3,(H2,20,26)/t12?,15-,16-/m0/s1. The largest absolute Gasteiger partial charge is 0.445 e. The van der Waals surface area contributed by atoms with Crippen molar-refractivity contribution >= 4 is 36.3 Å². The summed E-state index contributed by atoms with van der Waals surface area (Å²) in [5.41, 5.74) is 5.87. The normalized spacial score (nSPS) is 23.5. The third-order valence-electron chi connectivity index (χ3n) is 5.53. The van der Waals surface area contributed by atoms with E-state index in [1.807, 2.05) is 6.92 Å². The third-order valence-corrected chi connectivity index (χ3v) is 5.90. The molecule has 1 aromatic carbocycles. The molecule has 168 valence electrons. The molecule has 2 saturated heterocycles. The zero-order valence-electron chi connectivity index (χ0n) is 17.0. The molecule has 2 N–H and O–H groups in total. The summed E-state index contributed by atoms with van der Waals surface area (Å²) in [6.07, 6.45) is -0.242. The lowest BCUT2D eigenvalue weighted by Crippen LogP contribution is -2.59. The number of primary amides is 1. The Bertz CT molecular complexity index is 866. The lowest BCUT2D eigenvalue weighted by Gasteiger charge is -2.41. The van der Waals surface area contributed by atoms with E-state index in [4.69, 9.17) is 10.5 Å². The Morgan fingerprint density at radius 2 is 1.87 bits per heavy atom. The van der Waals surface area contributed by atoms with Crippen LogP contribution < -0.4 is 5.73 Å². The van der Waals surface area contributed by atoms with Gasteiger partial charge in [-0.15, -0.1) is 0 Å². The predicted octanol–water partition coefficient (Wildman–Crippen LogP) is 1.22. The van der Waals surface area contributed by atoms with Gasteiger partial charge in [0.2, 0.25) is 5.91 Å². The number of hydrogen-bond donors (Lipinski definition) is 2. The molecule has 12 heteroatoms. The Morgan fingerprint density at radius 3 is 2.45 bits per heavy atom. The van der Waals surface area contributed by atoms with Crippen molar-refractivity contribution in [3.63, 3.8) is 0 Å². The van der Waals surface area contributed by atoms with E-state index in [1.165, 1.54) is 34.1 Å². The summed E-state index contributed by atoms with van der Waals surface area (Å²) in [5.74, 6) is -0.208. The number of thiol groups is 1. The summed E-state index contributed by atoms with van der Waals surface area (Å²) in [4.78, 5) is 52.0. The minimum atomic E-state index is -0.700. The number of amides is 4. The van der Waals surface area contributed by atoms with Crippen LogP contribution in [0, 0.1) is 10.1 Å². The molecule has 2 aliphatic rings. The van der Waals surface area contributed by atoms with Crippen LogP contribution >= 0.6 is 12.6 Å². The van der Waals surface area contributed by atoms with E-state index in [9.17, 15) is 24.5 Å². The van der Waals surface area contributed by atoms with E-state index in [1.54, 1.807) is 4.90 Å². The molecule has 0 radical (unpaired) electrons. The van der Waals surface area contributed by atoms with Crippen LogP contribution in [0.4, 0.5) is 15.3 Å². The number of carbonyl (C=O) groups excluding carboxylic acids is 3. The van der Waals surface area contributed by atoms with Gasteiger partial charge in [-0.3, -0.25) is 19.8 Å². The fourth-order valence-corrected chi connectivity index (χ4v) is 4.24. The zero-order valence-corrected chi connectivity index (χ0v) is 17.9.